The summed E-state index contributed by atoms with van der Waals surface area (Å²) in [6.45, 7) is 0. The van der Waals surface area contributed by atoms with Gasteiger partial charge in [-0.05, 0) is 35.0 Å². The predicted octanol–water partition coefficient (Wildman–Crippen LogP) is 3.89. The van der Waals surface area contributed by atoms with E-state index in [1.165, 1.54) is 24.3 Å². The quantitative estimate of drug-likeness (QED) is 0.474. The van der Waals surface area contributed by atoms with Crippen molar-refractivity contribution in [3.63, 3.8) is 0 Å². The third kappa shape index (κ3) is 3.99. The van der Waals surface area contributed by atoms with Gasteiger partial charge in [-0.25, -0.2) is 9.37 Å². The molecule has 1 aromatic heterocycles. The van der Waals surface area contributed by atoms with Crippen LogP contribution in [-0.2, 0) is 6.42 Å². The second-order valence-corrected chi connectivity index (χ2v) is 4.31. The molecule has 0 bridgehead atoms. The highest BCUT2D eigenvalue weighted by Gasteiger charge is 2.06. The molecule has 2 aromatic rings. The zero-order chi connectivity index (χ0) is 13.7. The Morgan fingerprint density at radius 3 is 2.58 bits per heavy atom. The first-order valence-electron chi connectivity index (χ1n) is 5.52. The summed E-state index contributed by atoms with van der Waals surface area (Å²) in [7, 11) is 0. The lowest BCUT2D eigenvalue weighted by atomic mass is 10.2. The number of halogens is 2. The highest BCUT2D eigenvalue weighted by atomic mass is 35.5. The molecular formula is C13H10ClFN2O2. The lowest BCUT2D eigenvalue weighted by Gasteiger charge is -2.06. The lowest BCUT2D eigenvalue weighted by Crippen LogP contribution is -1.99. The highest BCUT2D eigenvalue weighted by molar-refractivity contribution is 6.20. The van der Waals surface area contributed by atoms with Gasteiger partial charge in [0.05, 0.1) is 0 Å². The third-order valence-electron chi connectivity index (χ3n) is 2.35. The van der Waals surface area contributed by atoms with E-state index in [0.29, 0.717) is 18.1 Å². The van der Waals surface area contributed by atoms with Gasteiger partial charge in [0, 0.05) is 18.7 Å². The molecule has 0 aliphatic rings. The maximum Gasteiger partial charge on any atom is 0.219 e. The number of hydrogen-bond acceptors (Lipinski definition) is 4. The van der Waals surface area contributed by atoms with E-state index in [1.807, 2.05) is 0 Å². The van der Waals surface area contributed by atoms with Crippen LogP contribution >= 0.6 is 11.6 Å². The molecule has 1 unspecified atom stereocenters. The minimum Gasteiger partial charge on any atom is -0.439 e. The molecule has 0 radical (unpaired) electrons. The number of hydrogen-bond donors (Lipinski definition) is 0. The zero-order valence-electron chi connectivity index (χ0n) is 9.79. The van der Waals surface area contributed by atoms with Gasteiger partial charge in [0.2, 0.25) is 5.88 Å². The van der Waals surface area contributed by atoms with Gasteiger partial charge in [0.25, 0.3) is 0 Å². The second kappa shape index (κ2) is 6.24. The Balaban J connectivity index is 2.02. The van der Waals surface area contributed by atoms with Crippen LogP contribution in [0.4, 0.5) is 4.39 Å². The fraction of sp³-hybridized carbons (Fsp3) is 0.154. The first kappa shape index (κ1) is 13.4. The van der Waals surface area contributed by atoms with Crippen LogP contribution in [0.1, 0.15) is 5.56 Å². The van der Waals surface area contributed by atoms with E-state index < -0.39 is 5.50 Å². The largest absolute Gasteiger partial charge is 0.439 e. The molecule has 0 fully saturated rings. The third-order valence-corrected chi connectivity index (χ3v) is 2.59. The molecule has 0 aliphatic heterocycles. The molecule has 1 heterocycles. The van der Waals surface area contributed by atoms with Crippen LogP contribution in [0.15, 0.2) is 47.8 Å². The van der Waals surface area contributed by atoms with Crippen LogP contribution < -0.4 is 4.74 Å². The normalized spacial score (nSPS) is 11.9. The molecule has 0 saturated heterocycles. The number of nitroso groups, excluding NO2 is 1. The number of pyridine rings is 1. The van der Waals surface area contributed by atoms with Crippen molar-refractivity contribution in [2.45, 2.75) is 11.9 Å². The highest BCUT2D eigenvalue weighted by Crippen LogP contribution is 2.20. The first-order chi connectivity index (χ1) is 9.17. The van der Waals surface area contributed by atoms with Crippen LogP contribution in [-0.4, -0.2) is 10.5 Å². The van der Waals surface area contributed by atoms with Gasteiger partial charge >= 0.3 is 0 Å². The number of aromatic nitrogens is 1. The summed E-state index contributed by atoms with van der Waals surface area (Å²) in [4.78, 5) is 14.3. The summed E-state index contributed by atoms with van der Waals surface area (Å²) < 4.78 is 18.1. The SMILES string of the molecule is O=NC(Cl)Cc1ccc(Oc2ccc(F)cc2)nc1. The molecular weight excluding hydrogens is 271 g/mol. The molecule has 1 atom stereocenters. The van der Waals surface area contributed by atoms with Crippen LogP contribution in [0.25, 0.3) is 0 Å². The molecule has 4 nitrogen and oxygen atoms in total. The van der Waals surface area contributed by atoms with E-state index in [0.717, 1.165) is 5.56 Å². The van der Waals surface area contributed by atoms with Crippen LogP contribution in [0.2, 0.25) is 0 Å². The molecule has 6 heteroatoms. The van der Waals surface area contributed by atoms with E-state index in [9.17, 15) is 9.30 Å². The van der Waals surface area contributed by atoms with Gasteiger partial charge in [-0.1, -0.05) is 17.7 Å². The van der Waals surface area contributed by atoms with Crippen molar-refractivity contribution in [3.8, 4) is 11.6 Å². The fourth-order valence-corrected chi connectivity index (χ4v) is 1.63. The van der Waals surface area contributed by atoms with Gasteiger partial charge in [-0.2, -0.15) is 0 Å². The van der Waals surface area contributed by atoms with Crippen molar-refractivity contribution in [1.29, 1.82) is 0 Å². The summed E-state index contributed by atoms with van der Waals surface area (Å²) >= 11 is 5.61. The number of nitrogens with zero attached hydrogens (tertiary/aromatic N) is 2. The molecule has 0 saturated carbocycles. The minimum atomic E-state index is -0.800. The van der Waals surface area contributed by atoms with Crippen LogP contribution in [0, 0.1) is 10.7 Å². The van der Waals surface area contributed by atoms with Crippen LogP contribution in [0.5, 0.6) is 11.6 Å². The predicted molar refractivity (Wildman–Crippen MR) is 69.9 cm³/mol. The molecule has 0 aliphatic carbocycles. The van der Waals surface area contributed by atoms with E-state index in [1.54, 1.807) is 18.3 Å². The summed E-state index contributed by atoms with van der Waals surface area (Å²) in [5.74, 6) is 0.539. The fourth-order valence-electron chi connectivity index (χ4n) is 1.45. The van der Waals surface area contributed by atoms with Gasteiger partial charge in [-0.15, -0.1) is 4.91 Å². The Hall–Kier alpha value is -2.01. The number of benzene rings is 1. The first-order valence-corrected chi connectivity index (χ1v) is 5.96. The maximum absolute atomic E-state index is 12.7. The van der Waals surface area contributed by atoms with Gasteiger partial charge in [0.15, 0.2) is 5.50 Å². The Morgan fingerprint density at radius 1 is 1.26 bits per heavy atom. The summed E-state index contributed by atoms with van der Waals surface area (Å²) in [5, 5.41) is 2.70. The average Bonchev–Trinajstić information content (AvgIpc) is 2.43. The standard InChI is InChI=1S/C13H10ClFN2O2/c14-12(17-18)7-9-1-6-13(16-8-9)19-11-4-2-10(15)3-5-11/h1-6,8,12H,7H2. The summed E-state index contributed by atoms with van der Waals surface area (Å²) in [6, 6.07) is 9.01. The van der Waals surface area contributed by atoms with Crippen molar-refractivity contribution in [2.75, 3.05) is 0 Å². The number of ether oxygens (including phenoxy) is 1. The van der Waals surface area contributed by atoms with E-state index in [-0.39, 0.29) is 5.82 Å². The van der Waals surface area contributed by atoms with Crippen molar-refractivity contribution >= 4 is 11.6 Å². The molecule has 0 spiro atoms. The summed E-state index contributed by atoms with van der Waals surface area (Å²) in [6.07, 6.45) is 1.87. The average molecular weight is 281 g/mol. The zero-order valence-corrected chi connectivity index (χ0v) is 10.5. The lowest BCUT2D eigenvalue weighted by molar-refractivity contribution is 0.461. The number of rotatable bonds is 5. The molecule has 0 N–H and O–H groups in total. The van der Waals surface area contributed by atoms with Crippen molar-refractivity contribution < 1.29 is 9.13 Å². The molecule has 2 rings (SSSR count). The smallest absolute Gasteiger partial charge is 0.219 e. The van der Waals surface area contributed by atoms with Crippen molar-refractivity contribution in [2.24, 2.45) is 5.18 Å². The second-order valence-electron chi connectivity index (χ2n) is 3.80. The molecule has 0 amide bonds. The number of alkyl halides is 1. The maximum atomic E-state index is 12.7. The van der Waals surface area contributed by atoms with E-state index >= 15 is 0 Å². The molecule has 19 heavy (non-hydrogen) atoms. The Bertz CT molecular complexity index is 546. The molecule has 98 valence electrons. The van der Waals surface area contributed by atoms with E-state index in [2.05, 4.69) is 10.2 Å². The molecule has 1 aromatic carbocycles. The topological polar surface area (TPSA) is 51.5 Å². The van der Waals surface area contributed by atoms with Crippen molar-refractivity contribution in [1.82, 2.24) is 4.98 Å². The van der Waals surface area contributed by atoms with Gasteiger partial charge in [0.1, 0.15) is 11.6 Å². The monoisotopic (exact) mass is 280 g/mol. The van der Waals surface area contributed by atoms with Crippen molar-refractivity contribution in [3.05, 3.63) is 58.9 Å². The van der Waals surface area contributed by atoms with E-state index in [4.69, 9.17) is 16.3 Å². The summed E-state index contributed by atoms with van der Waals surface area (Å²) in [5.41, 5.74) is -0.0169. The Morgan fingerprint density at radius 2 is 2.00 bits per heavy atom. The Labute approximate surface area is 114 Å². The Kier molecular flexibility index (Phi) is 4.41. The minimum absolute atomic E-state index is 0.314. The van der Waals surface area contributed by atoms with Crippen LogP contribution in [0.3, 0.4) is 0 Å². The van der Waals surface area contributed by atoms with Gasteiger partial charge < -0.3 is 4.74 Å². The van der Waals surface area contributed by atoms with Gasteiger partial charge in [-0.3, -0.25) is 0 Å².